The van der Waals surface area contributed by atoms with Gasteiger partial charge in [0.1, 0.15) is 5.75 Å². The number of hydrogen-bond donors (Lipinski definition) is 1. The SMILES string of the molecule is Cc1cc(C)cc(OCCC(=O)N2CC(CN)CC2C)c1. The summed E-state index contributed by atoms with van der Waals surface area (Å²) in [5.74, 6) is 1.46. The largest absolute Gasteiger partial charge is 0.493 e. The molecule has 0 saturated carbocycles. The lowest BCUT2D eigenvalue weighted by Crippen LogP contribution is -2.35. The molecule has 1 aromatic carbocycles. The van der Waals surface area contributed by atoms with E-state index in [1.165, 1.54) is 11.1 Å². The second-order valence-electron chi connectivity index (χ2n) is 6.15. The minimum absolute atomic E-state index is 0.169. The molecule has 4 nitrogen and oxygen atoms in total. The van der Waals surface area contributed by atoms with Gasteiger partial charge in [-0.1, -0.05) is 6.07 Å². The summed E-state index contributed by atoms with van der Waals surface area (Å²) >= 11 is 0. The zero-order valence-corrected chi connectivity index (χ0v) is 13.3. The van der Waals surface area contributed by atoms with Crippen LogP contribution in [0.1, 0.15) is 30.9 Å². The fraction of sp³-hybridized carbons (Fsp3) is 0.588. The van der Waals surface area contributed by atoms with Crippen LogP contribution in [0.15, 0.2) is 18.2 Å². The van der Waals surface area contributed by atoms with E-state index in [0.717, 1.165) is 18.7 Å². The van der Waals surface area contributed by atoms with Crippen molar-refractivity contribution in [1.29, 1.82) is 0 Å². The molecule has 0 aromatic heterocycles. The Bertz CT molecular complexity index is 481. The summed E-state index contributed by atoms with van der Waals surface area (Å²) in [6.45, 7) is 8.07. The van der Waals surface area contributed by atoms with Gasteiger partial charge in [0, 0.05) is 12.6 Å². The first-order chi connectivity index (χ1) is 9.99. The highest BCUT2D eigenvalue weighted by Crippen LogP contribution is 2.23. The molecule has 116 valence electrons. The number of hydrogen-bond acceptors (Lipinski definition) is 3. The molecule has 0 bridgehead atoms. The number of amides is 1. The van der Waals surface area contributed by atoms with Gasteiger partial charge in [-0.25, -0.2) is 0 Å². The average molecular weight is 290 g/mol. The van der Waals surface area contributed by atoms with Crippen LogP contribution in [0.25, 0.3) is 0 Å². The number of rotatable bonds is 5. The molecule has 0 radical (unpaired) electrons. The normalized spacial score (nSPS) is 21.6. The third kappa shape index (κ3) is 4.21. The van der Waals surface area contributed by atoms with Gasteiger partial charge < -0.3 is 15.4 Å². The molecule has 2 unspecified atom stereocenters. The van der Waals surface area contributed by atoms with Gasteiger partial charge in [0.05, 0.1) is 13.0 Å². The predicted molar refractivity (Wildman–Crippen MR) is 84.4 cm³/mol. The Morgan fingerprint density at radius 3 is 2.57 bits per heavy atom. The molecule has 0 spiro atoms. The van der Waals surface area contributed by atoms with Gasteiger partial charge in [0.25, 0.3) is 0 Å². The molecule has 2 atom stereocenters. The van der Waals surface area contributed by atoms with Crippen molar-refractivity contribution in [3.63, 3.8) is 0 Å². The number of nitrogens with zero attached hydrogens (tertiary/aromatic N) is 1. The number of carbonyl (C=O) groups is 1. The maximum absolute atomic E-state index is 12.2. The van der Waals surface area contributed by atoms with Crippen molar-refractivity contribution in [2.75, 3.05) is 19.7 Å². The number of likely N-dealkylation sites (tertiary alicyclic amines) is 1. The van der Waals surface area contributed by atoms with Crippen LogP contribution in [0.2, 0.25) is 0 Å². The summed E-state index contributed by atoms with van der Waals surface area (Å²) in [4.78, 5) is 14.2. The lowest BCUT2D eigenvalue weighted by Gasteiger charge is -2.21. The van der Waals surface area contributed by atoms with E-state index in [0.29, 0.717) is 31.5 Å². The van der Waals surface area contributed by atoms with Gasteiger partial charge >= 0.3 is 0 Å². The number of aryl methyl sites for hydroxylation is 2. The number of benzene rings is 1. The van der Waals surface area contributed by atoms with Crippen molar-refractivity contribution in [1.82, 2.24) is 4.90 Å². The summed E-state index contributed by atoms with van der Waals surface area (Å²) < 4.78 is 5.71. The van der Waals surface area contributed by atoms with E-state index in [1.54, 1.807) is 0 Å². The Hall–Kier alpha value is -1.55. The second-order valence-corrected chi connectivity index (χ2v) is 6.15. The van der Waals surface area contributed by atoms with Crippen LogP contribution in [0, 0.1) is 19.8 Å². The molecule has 1 heterocycles. The van der Waals surface area contributed by atoms with Gasteiger partial charge in [-0.15, -0.1) is 0 Å². The highest BCUT2D eigenvalue weighted by Gasteiger charge is 2.31. The molecule has 1 aliphatic rings. The second kappa shape index (κ2) is 6.94. The first-order valence-electron chi connectivity index (χ1n) is 7.70. The molecule has 1 aliphatic heterocycles. The zero-order valence-electron chi connectivity index (χ0n) is 13.3. The van der Waals surface area contributed by atoms with Crippen LogP contribution in [-0.2, 0) is 4.79 Å². The van der Waals surface area contributed by atoms with Crippen LogP contribution in [-0.4, -0.2) is 36.5 Å². The van der Waals surface area contributed by atoms with Crippen molar-refractivity contribution >= 4 is 5.91 Å². The van der Waals surface area contributed by atoms with Gasteiger partial charge in [-0.3, -0.25) is 4.79 Å². The van der Waals surface area contributed by atoms with E-state index in [-0.39, 0.29) is 5.91 Å². The van der Waals surface area contributed by atoms with Crippen molar-refractivity contribution in [3.05, 3.63) is 29.3 Å². The number of carbonyl (C=O) groups excluding carboxylic acids is 1. The standard InChI is InChI=1S/C17H26N2O2/c1-12-6-13(2)8-16(7-12)21-5-4-17(20)19-11-15(10-18)9-14(19)3/h6-8,14-15H,4-5,9-11,18H2,1-3H3. The molecular weight excluding hydrogens is 264 g/mol. The van der Waals surface area contributed by atoms with Crippen LogP contribution in [0.4, 0.5) is 0 Å². The van der Waals surface area contributed by atoms with Gasteiger partial charge in [-0.05, 0) is 62.9 Å². The molecule has 1 amide bonds. The van der Waals surface area contributed by atoms with Crippen LogP contribution in [0.5, 0.6) is 5.75 Å². The Kier molecular flexibility index (Phi) is 5.23. The smallest absolute Gasteiger partial charge is 0.226 e. The van der Waals surface area contributed by atoms with Crippen LogP contribution >= 0.6 is 0 Å². The van der Waals surface area contributed by atoms with Crippen LogP contribution < -0.4 is 10.5 Å². The highest BCUT2D eigenvalue weighted by atomic mass is 16.5. The first kappa shape index (κ1) is 15.8. The van der Waals surface area contributed by atoms with E-state index in [4.69, 9.17) is 10.5 Å². The van der Waals surface area contributed by atoms with E-state index in [1.807, 2.05) is 30.9 Å². The van der Waals surface area contributed by atoms with Crippen molar-refractivity contribution in [2.45, 2.75) is 39.7 Å². The first-order valence-corrected chi connectivity index (χ1v) is 7.70. The van der Waals surface area contributed by atoms with E-state index in [9.17, 15) is 4.79 Å². The fourth-order valence-corrected chi connectivity index (χ4v) is 3.08. The zero-order chi connectivity index (χ0) is 15.4. The summed E-state index contributed by atoms with van der Waals surface area (Å²) in [5.41, 5.74) is 8.05. The quantitative estimate of drug-likeness (QED) is 0.905. The van der Waals surface area contributed by atoms with Crippen molar-refractivity contribution in [2.24, 2.45) is 11.7 Å². The Labute approximate surface area is 127 Å². The topological polar surface area (TPSA) is 55.6 Å². The third-order valence-electron chi connectivity index (χ3n) is 4.09. The molecule has 4 heteroatoms. The number of ether oxygens (including phenoxy) is 1. The van der Waals surface area contributed by atoms with E-state index >= 15 is 0 Å². The summed E-state index contributed by atoms with van der Waals surface area (Å²) in [5, 5.41) is 0. The lowest BCUT2D eigenvalue weighted by atomic mass is 10.1. The lowest BCUT2D eigenvalue weighted by molar-refractivity contribution is -0.132. The fourth-order valence-electron chi connectivity index (χ4n) is 3.08. The number of nitrogens with two attached hydrogens (primary N) is 1. The molecule has 21 heavy (non-hydrogen) atoms. The Morgan fingerprint density at radius 2 is 2.00 bits per heavy atom. The van der Waals surface area contributed by atoms with E-state index < -0.39 is 0 Å². The Morgan fingerprint density at radius 1 is 1.33 bits per heavy atom. The molecular formula is C17H26N2O2. The Balaban J connectivity index is 1.82. The van der Waals surface area contributed by atoms with Gasteiger partial charge in [0.2, 0.25) is 5.91 Å². The molecule has 2 rings (SSSR count). The monoisotopic (exact) mass is 290 g/mol. The van der Waals surface area contributed by atoms with Crippen molar-refractivity contribution in [3.8, 4) is 5.75 Å². The predicted octanol–water partition coefficient (Wildman–Crippen LogP) is 2.27. The minimum atomic E-state index is 0.169. The highest BCUT2D eigenvalue weighted by molar-refractivity contribution is 5.77. The molecule has 0 aliphatic carbocycles. The average Bonchev–Trinajstić information content (AvgIpc) is 2.79. The van der Waals surface area contributed by atoms with E-state index in [2.05, 4.69) is 13.0 Å². The minimum Gasteiger partial charge on any atom is -0.493 e. The summed E-state index contributed by atoms with van der Waals surface area (Å²) in [6, 6.07) is 6.41. The maximum atomic E-state index is 12.2. The van der Waals surface area contributed by atoms with Crippen LogP contribution in [0.3, 0.4) is 0 Å². The van der Waals surface area contributed by atoms with Gasteiger partial charge in [-0.2, -0.15) is 0 Å². The third-order valence-corrected chi connectivity index (χ3v) is 4.09. The maximum Gasteiger partial charge on any atom is 0.226 e. The van der Waals surface area contributed by atoms with Crippen molar-refractivity contribution < 1.29 is 9.53 Å². The van der Waals surface area contributed by atoms with Gasteiger partial charge in [0.15, 0.2) is 0 Å². The molecule has 1 saturated heterocycles. The summed E-state index contributed by atoms with van der Waals surface area (Å²) in [6.07, 6.45) is 1.44. The molecule has 1 aromatic rings. The molecule has 2 N–H and O–H groups in total. The molecule has 1 fully saturated rings. The summed E-state index contributed by atoms with van der Waals surface area (Å²) in [7, 11) is 0.